The molecule has 0 unspecified atom stereocenters. The number of aromatic amines is 1. The summed E-state index contributed by atoms with van der Waals surface area (Å²) in [4.78, 5) is 14.0. The predicted molar refractivity (Wildman–Crippen MR) is 76.7 cm³/mol. The standard InChI is InChI=1S/C14H10ClNOS/c15-11-4-1-9(2-5-11)7-10-3-6-12-13(8-10)18-14(17)16-12/h1-6,8H,7H2,(H,16,17). The lowest BCUT2D eigenvalue weighted by atomic mass is 10.1. The van der Waals surface area contributed by atoms with Gasteiger partial charge in [-0.25, -0.2) is 0 Å². The monoisotopic (exact) mass is 275 g/mol. The summed E-state index contributed by atoms with van der Waals surface area (Å²) in [6.45, 7) is 0. The molecule has 0 radical (unpaired) electrons. The van der Waals surface area contributed by atoms with Gasteiger partial charge in [0.25, 0.3) is 0 Å². The van der Waals surface area contributed by atoms with Crippen molar-refractivity contribution in [3.05, 3.63) is 68.3 Å². The molecule has 90 valence electrons. The zero-order valence-electron chi connectivity index (χ0n) is 9.44. The van der Waals surface area contributed by atoms with E-state index in [9.17, 15) is 4.79 Å². The van der Waals surface area contributed by atoms with Gasteiger partial charge in [-0.3, -0.25) is 4.79 Å². The molecule has 0 spiro atoms. The molecule has 0 aliphatic rings. The minimum atomic E-state index is -0.00589. The molecule has 1 aromatic heterocycles. The Kier molecular flexibility index (Phi) is 2.94. The molecule has 1 N–H and O–H groups in total. The quantitative estimate of drug-likeness (QED) is 0.757. The molecule has 3 aromatic rings. The molecule has 1 heterocycles. The number of nitrogens with one attached hydrogen (secondary N) is 1. The van der Waals surface area contributed by atoms with Crippen LogP contribution in [0.5, 0.6) is 0 Å². The molecule has 0 bridgehead atoms. The first-order chi connectivity index (χ1) is 8.70. The maximum Gasteiger partial charge on any atom is 0.305 e. The zero-order valence-corrected chi connectivity index (χ0v) is 11.0. The summed E-state index contributed by atoms with van der Waals surface area (Å²) >= 11 is 7.11. The van der Waals surface area contributed by atoms with Crippen molar-refractivity contribution in [2.75, 3.05) is 0 Å². The fourth-order valence-corrected chi connectivity index (χ4v) is 2.86. The largest absolute Gasteiger partial charge is 0.312 e. The fourth-order valence-electron chi connectivity index (χ4n) is 1.94. The normalized spacial score (nSPS) is 10.9. The van der Waals surface area contributed by atoms with E-state index in [1.165, 1.54) is 22.5 Å². The van der Waals surface area contributed by atoms with E-state index < -0.39 is 0 Å². The van der Waals surface area contributed by atoms with E-state index in [-0.39, 0.29) is 4.87 Å². The molecule has 0 saturated heterocycles. The minimum Gasteiger partial charge on any atom is -0.312 e. The number of thiazole rings is 1. The summed E-state index contributed by atoms with van der Waals surface area (Å²) in [5.74, 6) is 0. The van der Waals surface area contributed by atoms with Crippen LogP contribution in [0, 0.1) is 0 Å². The highest BCUT2D eigenvalue weighted by Crippen LogP contribution is 2.19. The summed E-state index contributed by atoms with van der Waals surface area (Å²) in [6.07, 6.45) is 0.846. The van der Waals surface area contributed by atoms with E-state index in [4.69, 9.17) is 11.6 Å². The van der Waals surface area contributed by atoms with Crippen molar-refractivity contribution in [3.63, 3.8) is 0 Å². The highest BCUT2D eigenvalue weighted by atomic mass is 35.5. The van der Waals surface area contributed by atoms with E-state index >= 15 is 0 Å². The molecule has 2 aromatic carbocycles. The van der Waals surface area contributed by atoms with Crippen LogP contribution >= 0.6 is 22.9 Å². The van der Waals surface area contributed by atoms with Gasteiger partial charge in [0.1, 0.15) is 0 Å². The lowest BCUT2D eigenvalue weighted by molar-refractivity contribution is 1.20. The van der Waals surface area contributed by atoms with Crippen molar-refractivity contribution in [1.29, 1.82) is 0 Å². The topological polar surface area (TPSA) is 32.9 Å². The van der Waals surface area contributed by atoms with Gasteiger partial charge in [0.05, 0.1) is 10.2 Å². The number of aromatic nitrogens is 1. The highest BCUT2D eigenvalue weighted by molar-refractivity contribution is 7.16. The Balaban J connectivity index is 1.94. The van der Waals surface area contributed by atoms with Gasteiger partial charge in [0.15, 0.2) is 0 Å². The Hall–Kier alpha value is -1.58. The van der Waals surface area contributed by atoms with Crippen LogP contribution in [0.3, 0.4) is 0 Å². The average Bonchev–Trinajstić information content (AvgIpc) is 2.71. The number of halogens is 1. The van der Waals surface area contributed by atoms with Crippen LogP contribution in [0.1, 0.15) is 11.1 Å². The average molecular weight is 276 g/mol. The van der Waals surface area contributed by atoms with Crippen LogP contribution in [0.25, 0.3) is 10.2 Å². The van der Waals surface area contributed by atoms with E-state index in [1.54, 1.807) is 0 Å². The van der Waals surface area contributed by atoms with Crippen LogP contribution in [0.15, 0.2) is 47.3 Å². The first-order valence-electron chi connectivity index (χ1n) is 5.57. The second kappa shape index (κ2) is 4.59. The van der Waals surface area contributed by atoms with Crippen LogP contribution in [-0.2, 0) is 6.42 Å². The fraction of sp³-hybridized carbons (Fsp3) is 0.0714. The van der Waals surface area contributed by atoms with E-state index in [1.807, 2.05) is 36.4 Å². The van der Waals surface area contributed by atoms with Gasteiger partial charge in [-0.15, -0.1) is 0 Å². The van der Waals surface area contributed by atoms with Crippen molar-refractivity contribution in [2.24, 2.45) is 0 Å². The van der Waals surface area contributed by atoms with E-state index in [2.05, 4.69) is 11.1 Å². The first-order valence-corrected chi connectivity index (χ1v) is 6.76. The third-order valence-corrected chi connectivity index (χ3v) is 3.90. The molecule has 3 rings (SSSR count). The number of hydrogen-bond donors (Lipinski definition) is 1. The Bertz CT molecular complexity index is 742. The summed E-state index contributed by atoms with van der Waals surface area (Å²) in [5.41, 5.74) is 3.31. The van der Waals surface area contributed by atoms with Crippen molar-refractivity contribution in [1.82, 2.24) is 4.98 Å². The Morgan fingerprint density at radius 1 is 1.06 bits per heavy atom. The Labute approximate surface area is 113 Å². The maximum absolute atomic E-state index is 11.2. The molecule has 2 nitrogen and oxygen atoms in total. The van der Waals surface area contributed by atoms with Gasteiger partial charge < -0.3 is 4.98 Å². The summed E-state index contributed by atoms with van der Waals surface area (Å²) in [6, 6.07) is 13.9. The predicted octanol–water partition coefficient (Wildman–Crippen LogP) is 3.83. The Morgan fingerprint density at radius 3 is 2.56 bits per heavy atom. The molecular weight excluding hydrogens is 266 g/mol. The molecule has 0 aliphatic carbocycles. The highest BCUT2D eigenvalue weighted by Gasteiger charge is 2.02. The van der Waals surface area contributed by atoms with Crippen molar-refractivity contribution in [3.8, 4) is 0 Å². The minimum absolute atomic E-state index is 0.00589. The second-order valence-electron chi connectivity index (χ2n) is 4.15. The van der Waals surface area contributed by atoms with Gasteiger partial charge in [-0.2, -0.15) is 0 Å². The number of hydrogen-bond acceptors (Lipinski definition) is 2. The van der Waals surface area contributed by atoms with Crippen LogP contribution in [0.2, 0.25) is 5.02 Å². The lowest BCUT2D eigenvalue weighted by Gasteiger charge is -2.02. The van der Waals surface area contributed by atoms with E-state index in [0.717, 1.165) is 21.7 Å². The molecule has 0 amide bonds. The van der Waals surface area contributed by atoms with Gasteiger partial charge in [-0.1, -0.05) is 41.1 Å². The molecule has 18 heavy (non-hydrogen) atoms. The van der Waals surface area contributed by atoms with Crippen molar-refractivity contribution in [2.45, 2.75) is 6.42 Å². The van der Waals surface area contributed by atoms with Crippen molar-refractivity contribution >= 4 is 33.2 Å². The maximum atomic E-state index is 11.2. The molecule has 0 fully saturated rings. The van der Waals surface area contributed by atoms with Crippen molar-refractivity contribution < 1.29 is 0 Å². The van der Waals surface area contributed by atoms with E-state index in [0.29, 0.717) is 0 Å². The van der Waals surface area contributed by atoms with Crippen LogP contribution in [-0.4, -0.2) is 4.98 Å². The zero-order chi connectivity index (χ0) is 12.5. The molecule has 4 heteroatoms. The third-order valence-electron chi connectivity index (χ3n) is 2.81. The lowest BCUT2D eigenvalue weighted by Crippen LogP contribution is -1.89. The second-order valence-corrected chi connectivity index (χ2v) is 5.60. The van der Waals surface area contributed by atoms with Gasteiger partial charge in [-0.05, 0) is 41.8 Å². The van der Waals surface area contributed by atoms with Crippen LogP contribution < -0.4 is 4.87 Å². The van der Waals surface area contributed by atoms with Gasteiger partial charge in [0, 0.05) is 5.02 Å². The number of benzene rings is 2. The summed E-state index contributed by atoms with van der Waals surface area (Å²) in [7, 11) is 0. The molecular formula is C14H10ClNOS. The summed E-state index contributed by atoms with van der Waals surface area (Å²) in [5, 5.41) is 0.748. The molecule has 0 atom stereocenters. The first kappa shape index (κ1) is 11.5. The summed E-state index contributed by atoms with van der Waals surface area (Å²) < 4.78 is 1.01. The Morgan fingerprint density at radius 2 is 1.78 bits per heavy atom. The van der Waals surface area contributed by atoms with Crippen LogP contribution in [0.4, 0.5) is 0 Å². The smallest absolute Gasteiger partial charge is 0.305 e. The molecule has 0 saturated carbocycles. The number of H-pyrrole nitrogens is 1. The SMILES string of the molecule is O=c1[nH]c2ccc(Cc3ccc(Cl)cc3)cc2s1. The number of rotatable bonds is 2. The van der Waals surface area contributed by atoms with Gasteiger partial charge in [0.2, 0.25) is 0 Å². The van der Waals surface area contributed by atoms with Gasteiger partial charge >= 0.3 is 4.87 Å². The third kappa shape index (κ3) is 2.33. The number of fused-ring (bicyclic) bond motifs is 1. The molecule has 0 aliphatic heterocycles.